The molecule has 0 aliphatic heterocycles. The van der Waals surface area contributed by atoms with Gasteiger partial charge in [-0.25, -0.2) is 4.84 Å². The molecule has 0 saturated carbocycles. The van der Waals surface area contributed by atoms with Crippen molar-refractivity contribution in [1.29, 1.82) is 0 Å². The molecule has 0 spiro atoms. The molecule has 0 radical (unpaired) electrons. The molecular weight excluding hydrogens is 227 g/mol. The van der Waals surface area contributed by atoms with Crippen LogP contribution in [0.5, 0.6) is 0 Å². The van der Waals surface area contributed by atoms with E-state index in [1.165, 1.54) is 13.2 Å². The van der Waals surface area contributed by atoms with E-state index in [4.69, 9.17) is 23.2 Å². The van der Waals surface area contributed by atoms with Crippen LogP contribution in [0, 0.1) is 4.91 Å². The maximum Gasteiger partial charge on any atom is 0.341 e. The average molecular weight is 236 g/mol. The molecule has 76 valence electrons. The number of hydrogen-bond donors (Lipinski definition) is 1. The molecule has 1 N–H and O–H groups in total. The summed E-state index contributed by atoms with van der Waals surface area (Å²) in [5.74, 6) is 0. The second-order valence-corrected chi connectivity index (χ2v) is 3.29. The maximum absolute atomic E-state index is 11.2. The lowest BCUT2D eigenvalue weighted by Crippen LogP contribution is -2.02. The van der Waals surface area contributed by atoms with Gasteiger partial charge in [-0.05, 0) is 6.07 Å². The number of nitrogens with one attached hydrogen (secondary N) is 1. The zero-order valence-electron chi connectivity index (χ0n) is 7.67. The Morgan fingerprint density at radius 1 is 1.36 bits per heavy atom. The van der Waals surface area contributed by atoms with Crippen LogP contribution >= 0.6 is 23.2 Å². The van der Waals surface area contributed by atoms with E-state index in [9.17, 15) is 4.91 Å². The third-order valence-electron chi connectivity index (χ3n) is 1.67. The molecule has 14 heavy (non-hydrogen) atoms. The fraction of sp³-hybridized carbons (Fsp3) is 0.250. The van der Waals surface area contributed by atoms with Gasteiger partial charge in [0.25, 0.3) is 4.92 Å². The molecule has 0 fully saturated rings. The molecule has 0 amide bonds. The molecular formula is C8H9Cl2N2O2+. The van der Waals surface area contributed by atoms with E-state index in [-0.39, 0.29) is 5.69 Å². The quantitative estimate of drug-likeness (QED) is 0.820. The topological polar surface area (TPSA) is 41.3 Å². The van der Waals surface area contributed by atoms with Crippen LogP contribution in [0.15, 0.2) is 12.1 Å². The second-order valence-electron chi connectivity index (χ2n) is 2.47. The highest BCUT2D eigenvalue weighted by molar-refractivity contribution is 6.42. The summed E-state index contributed by atoms with van der Waals surface area (Å²) in [7, 11) is 2.95. The van der Waals surface area contributed by atoms with Crippen LogP contribution < -0.4 is 5.32 Å². The lowest BCUT2D eigenvalue weighted by Gasteiger charge is -2.01. The number of benzene rings is 1. The van der Waals surface area contributed by atoms with Gasteiger partial charge in [-0.1, -0.05) is 23.2 Å². The van der Waals surface area contributed by atoms with Gasteiger partial charge in [0.2, 0.25) is 0 Å². The van der Waals surface area contributed by atoms with Crippen LogP contribution in [0.2, 0.25) is 10.0 Å². The zero-order valence-corrected chi connectivity index (χ0v) is 9.19. The van der Waals surface area contributed by atoms with Crippen LogP contribution in [0.1, 0.15) is 0 Å². The van der Waals surface area contributed by atoms with Gasteiger partial charge in [0.05, 0.1) is 15.0 Å². The number of halogens is 2. The molecule has 1 aromatic rings. The van der Waals surface area contributed by atoms with Crippen molar-refractivity contribution in [3.05, 3.63) is 27.1 Å². The van der Waals surface area contributed by atoms with Crippen molar-refractivity contribution < 1.29 is 9.76 Å². The third kappa shape index (κ3) is 2.08. The Bertz CT molecular complexity index is 369. The third-order valence-corrected chi connectivity index (χ3v) is 2.39. The lowest BCUT2D eigenvalue weighted by molar-refractivity contribution is -0.736. The Kier molecular flexibility index (Phi) is 3.55. The molecule has 0 heterocycles. The number of rotatable bonds is 3. The van der Waals surface area contributed by atoms with E-state index < -0.39 is 0 Å². The molecule has 0 bridgehead atoms. The van der Waals surface area contributed by atoms with Crippen molar-refractivity contribution >= 4 is 34.6 Å². The fourth-order valence-electron chi connectivity index (χ4n) is 0.986. The summed E-state index contributed by atoms with van der Waals surface area (Å²) in [6, 6.07) is 3.00. The Balaban J connectivity index is 3.27. The summed E-state index contributed by atoms with van der Waals surface area (Å²) in [5, 5.41) is 3.50. The average Bonchev–Trinajstić information content (AvgIpc) is 2.20. The van der Waals surface area contributed by atoms with Gasteiger partial charge in [0.15, 0.2) is 7.11 Å². The minimum Gasteiger partial charge on any atom is -0.382 e. The SMILES string of the molecule is CNc1cc(Cl)c(Cl)cc1[N+](=O)OC. The highest BCUT2D eigenvalue weighted by Crippen LogP contribution is 2.33. The highest BCUT2D eigenvalue weighted by atomic mass is 35.5. The minimum atomic E-state index is 0.282. The van der Waals surface area contributed by atoms with Gasteiger partial charge >= 0.3 is 5.69 Å². The summed E-state index contributed by atoms with van der Waals surface area (Å²) in [4.78, 5) is 16.1. The number of nitrogens with zero attached hydrogens (tertiary/aromatic N) is 1. The molecule has 0 aliphatic rings. The van der Waals surface area contributed by atoms with E-state index in [2.05, 4.69) is 10.2 Å². The normalized spacial score (nSPS) is 9.71. The smallest absolute Gasteiger partial charge is 0.341 e. The molecule has 0 aromatic heterocycles. The molecule has 1 aromatic carbocycles. The second kappa shape index (κ2) is 4.48. The van der Waals surface area contributed by atoms with Gasteiger partial charge in [-0.3, -0.25) is 0 Å². The van der Waals surface area contributed by atoms with Crippen LogP contribution in [-0.2, 0) is 4.84 Å². The van der Waals surface area contributed by atoms with Gasteiger partial charge in [-0.15, -0.1) is 0 Å². The largest absolute Gasteiger partial charge is 0.382 e. The Labute approximate surface area is 91.3 Å². The number of anilines is 1. The Hall–Kier alpha value is -1.00. The van der Waals surface area contributed by atoms with Gasteiger partial charge < -0.3 is 5.32 Å². The maximum atomic E-state index is 11.2. The van der Waals surface area contributed by atoms with E-state index >= 15 is 0 Å². The Morgan fingerprint density at radius 3 is 2.43 bits per heavy atom. The summed E-state index contributed by atoms with van der Waals surface area (Å²) < 4.78 is 0. The highest BCUT2D eigenvalue weighted by Gasteiger charge is 2.22. The van der Waals surface area contributed by atoms with Crippen molar-refractivity contribution in [3.8, 4) is 0 Å². The summed E-state index contributed by atoms with van der Waals surface area (Å²) in [6.07, 6.45) is 0. The Morgan fingerprint density at radius 2 is 1.93 bits per heavy atom. The van der Waals surface area contributed by atoms with Crippen molar-refractivity contribution in [2.45, 2.75) is 0 Å². The summed E-state index contributed by atoms with van der Waals surface area (Å²) >= 11 is 11.5. The molecule has 4 nitrogen and oxygen atoms in total. The zero-order chi connectivity index (χ0) is 10.7. The molecule has 0 unspecified atom stereocenters. The van der Waals surface area contributed by atoms with Crippen LogP contribution in [0.25, 0.3) is 0 Å². The van der Waals surface area contributed by atoms with Crippen LogP contribution in [-0.4, -0.2) is 19.1 Å². The van der Waals surface area contributed by atoms with E-state index in [0.717, 1.165) is 0 Å². The van der Waals surface area contributed by atoms with Crippen molar-refractivity contribution in [2.75, 3.05) is 19.5 Å². The van der Waals surface area contributed by atoms with Crippen molar-refractivity contribution in [1.82, 2.24) is 0 Å². The van der Waals surface area contributed by atoms with Crippen molar-refractivity contribution in [3.63, 3.8) is 0 Å². The van der Waals surface area contributed by atoms with Gasteiger partial charge in [0, 0.05) is 13.1 Å². The predicted molar refractivity (Wildman–Crippen MR) is 56.3 cm³/mol. The first-order chi connectivity index (χ1) is 6.60. The monoisotopic (exact) mass is 235 g/mol. The van der Waals surface area contributed by atoms with Crippen LogP contribution in [0.4, 0.5) is 11.4 Å². The van der Waals surface area contributed by atoms with Crippen molar-refractivity contribution in [2.24, 2.45) is 0 Å². The summed E-state index contributed by atoms with van der Waals surface area (Å²) in [6.45, 7) is 0. The van der Waals surface area contributed by atoms with E-state index in [0.29, 0.717) is 20.7 Å². The summed E-state index contributed by atoms with van der Waals surface area (Å²) in [5.41, 5.74) is 0.834. The fourth-order valence-corrected chi connectivity index (χ4v) is 1.31. The molecule has 6 heteroatoms. The van der Waals surface area contributed by atoms with E-state index in [1.54, 1.807) is 13.1 Å². The predicted octanol–water partition coefficient (Wildman–Crippen LogP) is 3.01. The first kappa shape index (κ1) is 11.1. The molecule has 0 atom stereocenters. The minimum absolute atomic E-state index is 0.282. The first-order valence-electron chi connectivity index (χ1n) is 3.78. The van der Waals surface area contributed by atoms with Gasteiger partial charge in [0.1, 0.15) is 5.69 Å². The van der Waals surface area contributed by atoms with Crippen LogP contribution in [0.3, 0.4) is 0 Å². The van der Waals surface area contributed by atoms with Gasteiger partial charge in [-0.2, -0.15) is 0 Å². The standard InChI is InChI=1S/C8H9Cl2N2O2/c1-11-7-3-5(9)6(10)4-8(7)12(13)14-2/h3-4,11H,1-2H3/q+1. The number of hydrogen-bond acceptors (Lipinski definition) is 3. The van der Waals surface area contributed by atoms with E-state index in [1.807, 2.05) is 0 Å². The lowest BCUT2D eigenvalue weighted by atomic mass is 10.2. The molecule has 0 saturated heterocycles. The molecule has 0 aliphatic carbocycles. The first-order valence-corrected chi connectivity index (χ1v) is 4.54. The molecule has 1 rings (SSSR count).